The molecular formula is C28H34N6O4. The van der Waals surface area contributed by atoms with Crippen LogP contribution in [0.5, 0.6) is 11.5 Å². The Hall–Kier alpha value is -3.75. The first kappa shape index (κ1) is 27.3. The van der Waals surface area contributed by atoms with E-state index in [9.17, 15) is 10.4 Å². The molecule has 38 heavy (non-hydrogen) atoms. The van der Waals surface area contributed by atoms with Crippen molar-refractivity contribution < 1.29 is 19.3 Å². The summed E-state index contributed by atoms with van der Waals surface area (Å²) < 4.78 is 17.0. The zero-order valence-corrected chi connectivity index (χ0v) is 22.0. The Morgan fingerprint density at radius 2 is 1.97 bits per heavy atom. The van der Waals surface area contributed by atoms with Crippen LogP contribution < -0.4 is 20.1 Å². The van der Waals surface area contributed by atoms with Gasteiger partial charge in [0.25, 0.3) is 0 Å². The average molecular weight is 519 g/mol. The Kier molecular flexibility index (Phi) is 9.46. The number of anilines is 2. The molecule has 1 aromatic heterocycles. The molecule has 0 aliphatic carbocycles. The Morgan fingerprint density at radius 1 is 1.16 bits per heavy atom. The number of rotatable bonds is 11. The third-order valence-corrected chi connectivity index (χ3v) is 6.19. The van der Waals surface area contributed by atoms with E-state index in [-0.39, 0.29) is 6.10 Å². The van der Waals surface area contributed by atoms with Crippen LogP contribution in [0, 0.1) is 11.3 Å². The molecule has 1 saturated heterocycles. The third-order valence-electron chi connectivity index (χ3n) is 6.19. The summed E-state index contributed by atoms with van der Waals surface area (Å²) in [5.41, 5.74) is 3.26. The lowest BCUT2D eigenvalue weighted by Crippen LogP contribution is -2.29. The van der Waals surface area contributed by atoms with Gasteiger partial charge in [-0.25, -0.2) is 9.97 Å². The van der Waals surface area contributed by atoms with Gasteiger partial charge in [-0.15, -0.1) is 0 Å². The molecule has 1 fully saturated rings. The Bertz CT molecular complexity index is 1260. The number of nitriles is 1. The summed E-state index contributed by atoms with van der Waals surface area (Å²) in [5, 5.41) is 26.5. The zero-order chi connectivity index (χ0) is 26.9. The van der Waals surface area contributed by atoms with Gasteiger partial charge in [-0.1, -0.05) is 0 Å². The van der Waals surface area contributed by atoms with Gasteiger partial charge in [0.05, 0.1) is 31.6 Å². The van der Waals surface area contributed by atoms with Crippen molar-refractivity contribution in [1.82, 2.24) is 20.2 Å². The van der Waals surface area contributed by atoms with Gasteiger partial charge >= 0.3 is 0 Å². The van der Waals surface area contributed by atoms with Crippen molar-refractivity contribution in [2.24, 2.45) is 0 Å². The predicted molar refractivity (Wildman–Crippen MR) is 144 cm³/mol. The van der Waals surface area contributed by atoms with Gasteiger partial charge in [-0.05, 0) is 50.5 Å². The van der Waals surface area contributed by atoms with Crippen molar-refractivity contribution >= 4 is 11.6 Å². The van der Waals surface area contributed by atoms with Crippen molar-refractivity contribution in [3.05, 3.63) is 59.8 Å². The fourth-order valence-corrected chi connectivity index (χ4v) is 4.11. The molecule has 1 aliphatic heterocycles. The second-order valence-corrected chi connectivity index (χ2v) is 9.26. The van der Waals surface area contributed by atoms with Gasteiger partial charge in [0.15, 0.2) is 0 Å². The van der Waals surface area contributed by atoms with Crippen LogP contribution in [-0.2, 0) is 4.74 Å². The summed E-state index contributed by atoms with van der Waals surface area (Å²) >= 11 is 0. The maximum atomic E-state index is 10.6. The minimum Gasteiger partial charge on any atom is -0.496 e. The largest absolute Gasteiger partial charge is 0.496 e. The lowest BCUT2D eigenvalue weighted by molar-refractivity contribution is 0.0254. The van der Waals surface area contributed by atoms with Crippen molar-refractivity contribution in [3.8, 4) is 28.8 Å². The van der Waals surface area contributed by atoms with Gasteiger partial charge in [-0.2, -0.15) is 5.26 Å². The molecule has 1 atom stereocenters. The van der Waals surface area contributed by atoms with E-state index < -0.39 is 6.23 Å². The van der Waals surface area contributed by atoms with Crippen LogP contribution in [0.25, 0.3) is 11.3 Å². The summed E-state index contributed by atoms with van der Waals surface area (Å²) in [6.07, 6.45) is 2.48. The fraction of sp³-hybridized carbons (Fsp3) is 0.393. The highest BCUT2D eigenvalue weighted by Gasteiger charge is 2.18. The first-order valence-corrected chi connectivity index (χ1v) is 12.6. The molecule has 0 amide bonds. The molecule has 2 heterocycles. The summed E-state index contributed by atoms with van der Waals surface area (Å²) in [4.78, 5) is 11.0. The number of benzene rings is 2. The Balaban J connectivity index is 1.47. The van der Waals surface area contributed by atoms with E-state index in [1.807, 2.05) is 37.2 Å². The molecule has 0 bridgehead atoms. The molecule has 10 nitrogen and oxygen atoms in total. The topological polar surface area (TPSA) is 125 Å². The minimum atomic E-state index is -0.855. The fourth-order valence-electron chi connectivity index (χ4n) is 4.11. The van der Waals surface area contributed by atoms with Gasteiger partial charge in [0.1, 0.15) is 29.9 Å². The molecule has 3 N–H and O–H groups in total. The molecule has 1 aliphatic rings. The average Bonchev–Trinajstić information content (AvgIpc) is 2.93. The Labute approximate surface area is 223 Å². The van der Waals surface area contributed by atoms with Gasteiger partial charge in [0, 0.05) is 55.0 Å². The van der Waals surface area contributed by atoms with Gasteiger partial charge in [-0.3, -0.25) is 5.32 Å². The van der Waals surface area contributed by atoms with E-state index in [1.165, 1.54) is 0 Å². The number of hydrogen-bond acceptors (Lipinski definition) is 10. The maximum Gasteiger partial charge on any atom is 0.227 e. The summed E-state index contributed by atoms with van der Waals surface area (Å²) in [7, 11) is 5.52. The summed E-state index contributed by atoms with van der Waals surface area (Å²) in [6, 6.07) is 14.9. The third kappa shape index (κ3) is 7.18. The molecule has 0 saturated carbocycles. The molecule has 0 spiro atoms. The van der Waals surface area contributed by atoms with Crippen LogP contribution in [0.1, 0.15) is 30.2 Å². The second-order valence-electron chi connectivity index (χ2n) is 9.26. The monoisotopic (exact) mass is 518 g/mol. The molecule has 2 aromatic carbocycles. The highest BCUT2D eigenvalue weighted by Crippen LogP contribution is 2.30. The van der Waals surface area contributed by atoms with Crippen molar-refractivity contribution in [1.29, 1.82) is 5.26 Å². The van der Waals surface area contributed by atoms with E-state index in [2.05, 4.69) is 26.7 Å². The SMILES string of the molecule is COc1cc(Nc2nccc(-c3ccc(OC4CCOCC4)c(C#N)c3)n2)ccc1C(O)NCCN(C)C. The van der Waals surface area contributed by atoms with Crippen LogP contribution in [0.15, 0.2) is 48.7 Å². The molecular weight excluding hydrogens is 484 g/mol. The van der Waals surface area contributed by atoms with E-state index in [1.54, 1.807) is 37.6 Å². The molecule has 3 aromatic rings. The van der Waals surface area contributed by atoms with Crippen molar-refractivity contribution in [2.75, 3.05) is 52.8 Å². The predicted octanol–water partition coefficient (Wildman–Crippen LogP) is 3.47. The normalized spacial score (nSPS) is 14.6. The Morgan fingerprint density at radius 3 is 2.71 bits per heavy atom. The van der Waals surface area contributed by atoms with Crippen LogP contribution in [0.2, 0.25) is 0 Å². The number of methoxy groups -OCH3 is 1. The zero-order valence-electron chi connectivity index (χ0n) is 22.0. The molecule has 200 valence electrons. The van der Waals surface area contributed by atoms with Crippen LogP contribution in [0.4, 0.5) is 11.6 Å². The lowest BCUT2D eigenvalue weighted by atomic mass is 10.1. The number of likely N-dealkylation sites (N-methyl/N-ethyl adjacent to an activating group) is 1. The molecule has 1 unspecified atom stereocenters. The van der Waals surface area contributed by atoms with Gasteiger partial charge in [0.2, 0.25) is 5.95 Å². The quantitative estimate of drug-likeness (QED) is 0.325. The van der Waals surface area contributed by atoms with Crippen LogP contribution >= 0.6 is 0 Å². The highest BCUT2D eigenvalue weighted by atomic mass is 16.5. The van der Waals surface area contributed by atoms with Gasteiger partial charge < -0.3 is 29.5 Å². The maximum absolute atomic E-state index is 10.6. The first-order valence-electron chi connectivity index (χ1n) is 12.6. The number of nitrogens with zero attached hydrogens (tertiary/aromatic N) is 4. The summed E-state index contributed by atoms with van der Waals surface area (Å²) in [6.45, 7) is 2.77. The highest BCUT2D eigenvalue weighted by molar-refractivity contribution is 5.66. The van der Waals surface area contributed by atoms with Crippen molar-refractivity contribution in [3.63, 3.8) is 0 Å². The number of aliphatic hydroxyl groups is 1. The minimum absolute atomic E-state index is 0.0508. The smallest absolute Gasteiger partial charge is 0.227 e. The van der Waals surface area contributed by atoms with E-state index >= 15 is 0 Å². The number of ether oxygens (including phenoxy) is 3. The number of aromatic nitrogens is 2. The van der Waals surface area contributed by atoms with Crippen LogP contribution in [0.3, 0.4) is 0 Å². The number of hydrogen-bond donors (Lipinski definition) is 3. The van der Waals surface area contributed by atoms with E-state index in [0.717, 1.165) is 24.9 Å². The number of nitrogens with one attached hydrogen (secondary N) is 2. The molecule has 10 heteroatoms. The van der Waals surface area contributed by atoms with Crippen molar-refractivity contribution in [2.45, 2.75) is 25.2 Å². The standard InChI is InChI=1S/C28H34N6O4/c1-34(2)13-12-30-27(35)23-6-5-21(17-26(23)36-3)32-28-31-11-8-24(33-28)19-4-7-25(20(16-19)18-29)38-22-9-14-37-15-10-22/h4-8,11,16-17,22,27,30,35H,9-10,12-15H2,1-3H3,(H,31,32,33). The summed E-state index contributed by atoms with van der Waals surface area (Å²) in [5.74, 6) is 1.50. The second kappa shape index (κ2) is 13.2. The van der Waals surface area contributed by atoms with E-state index in [0.29, 0.717) is 59.7 Å². The lowest BCUT2D eigenvalue weighted by Gasteiger charge is -2.23. The van der Waals surface area contributed by atoms with E-state index in [4.69, 9.17) is 14.2 Å². The molecule has 4 rings (SSSR count). The number of aliphatic hydroxyl groups excluding tert-OH is 1. The van der Waals surface area contributed by atoms with Crippen LogP contribution in [-0.4, -0.2) is 73.6 Å². The first-order chi connectivity index (χ1) is 18.5. The molecule has 0 radical (unpaired) electrons.